The highest BCUT2D eigenvalue weighted by atomic mass is 16.5. The van der Waals surface area contributed by atoms with Crippen molar-refractivity contribution in [3.05, 3.63) is 35.4 Å². The van der Waals surface area contributed by atoms with Gasteiger partial charge in [-0.15, -0.1) is 0 Å². The van der Waals surface area contributed by atoms with Crippen molar-refractivity contribution in [2.75, 3.05) is 13.7 Å². The van der Waals surface area contributed by atoms with Gasteiger partial charge in [0.1, 0.15) is 0 Å². The predicted molar refractivity (Wildman–Crippen MR) is 87.5 cm³/mol. The summed E-state index contributed by atoms with van der Waals surface area (Å²) in [6.45, 7) is 3.10. The highest BCUT2D eigenvalue weighted by Gasteiger charge is 2.40. The van der Waals surface area contributed by atoms with Gasteiger partial charge in [0.2, 0.25) is 0 Å². The lowest BCUT2D eigenvalue weighted by Crippen LogP contribution is -2.44. The van der Waals surface area contributed by atoms with Crippen LogP contribution >= 0.6 is 0 Å². The van der Waals surface area contributed by atoms with E-state index in [0.717, 1.165) is 6.61 Å². The van der Waals surface area contributed by atoms with Crippen LogP contribution in [0.2, 0.25) is 0 Å². The molecule has 2 nitrogen and oxygen atoms in total. The molecule has 1 saturated heterocycles. The van der Waals surface area contributed by atoms with E-state index in [4.69, 9.17) is 4.74 Å². The van der Waals surface area contributed by atoms with Crippen LogP contribution < -0.4 is 5.32 Å². The zero-order valence-electron chi connectivity index (χ0n) is 13.5. The van der Waals surface area contributed by atoms with Gasteiger partial charge in [0.15, 0.2) is 0 Å². The Balaban J connectivity index is 1.75. The standard InChI is InChI=1S/C19H29NO/c1-15-6-8-16(9-7-15)18(20-2)17-10-13-21-19(14-17)11-4-3-5-12-19/h6-9,17-18,20H,3-5,10-14H2,1-2H3. The fraction of sp³-hybridized carbons (Fsp3) is 0.684. The van der Waals surface area contributed by atoms with Crippen molar-refractivity contribution in [1.29, 1.82) is 0 Å². The second-order valence-corrected chi connectivity index (χ2v) is 7.02. The van der Waals surface area contributed by atoms with E-state index in [9.17, 15) is 0 Å². The molecule has 2 unspecified atom stereocenters. The van der Waals surface area contributed by atoms with Gasteiger partial charge in [-0.3, -0.25) is 0 Å². The number of ether oxygens (including phenoxy) is 1. The van der Waals surface area contributed by atoms with E-state index in [1.165, 1.54) is 56.1 Å². The molecule has 1 aromatic carbocycles. The first kappa shape index (κ1) is 15.1. The molecule has 21 heavy (non-hydrogen) atoms. The van der Waals surface area contributed by atoms with Crippen LogP contribution in [-0.2, 0) is 4.74 Å². The van der Waals surface area contributed by atoms with Gasteiger partial charge in [0, 0.05) is 12.6 Å². The lowest BCUT2D eigenvalue weighted by atomic mass is 9.73. The Morgan fingerprint density at radius 3 is 2.52 bits per heavy atom. The molecule has 2 aliphatic rings. The van der Waals surface area contributed by atoms with Crippen molar-refractivity contribution < 1.29 is 4.74 Å². The molecular weight excluding hydrogens is 258 g/mol. The van der Waals surface area contributed by atoms with Crippen LogP contribution in [0.3, 0.4) is 0 Å². The van der Waals surface area contributed by atoms with Crippen LogP contribution in [0.4, 0.5) is 0 Å². The third-order valence-corrected chi connectivity index (χ3v) is 5.51. The molecule has 0 bridgehead atoms. The quantitative estimate of drug-likeness (QED) is 0.890. The molecule has 0 amide bonds. The van der Waals surface area contributed by atoms with Crippen molar-refractivity contribution in [3.8, 4) is 0 Å². The fourth-order valence-electron chi connectivity index (χ4n) is 4.34. The Morgan fingerprint density at radius 1 is 1.14 bits per heavy atom. The molecule has 2 heteroatoms. The van der Waals surface area contributed by atoms with Crippen molar-refractivity contribution in [2.24, 2.45) is 5.92 Å². The van der Waals surface area contributed by atoms with Crippen LogP contribution in [0.25, 0.3) is 0 Å². The molecule has 1 aliphatic heterocycles. The van der Waals surface area contributed by atoms with Gasteiger partial charge in [-0.05, 0) is 51.1 Å². The Kier molecular flexibility index (Phi) is 4.66. The van der Waals surface area contributed by atoms with E-state index >= 15 is 0 Å². The summed E-state index contributed by atoms with van der Waals surface area (Å²) in [5.41, 5.74) is 2.96. The number of aryl methyl sites for hydroxylation is 1. The molecular formula is C19H29NO. The molecule has 1 heterocycles. The fourth-order valence-corrected chi connectivity index (χ4v) is 4.34. The summed E-state index contributed by atoms with van der Waals surface area (Å²) >= 11 is 0. The van der Waals surface area contributed by atoms with Crippen LogP contribution in [0.15, 0.2) is 24.3 Å². The predicted octanol–water partition coefficient (Wildman–Crippen LogP) is 4.39. The summed E-state index contributed by atoms with van der Waals surface area (Å²) in [5.74, 6) is 0.699. The minimum atomic E-state index is 0.195. The molecule has 116 valence electrons. The van der Waals surface area contributed by atoms with E-state index < -0.39 is 0 Å². The Hall–Kier alpha value is -0.860. The van der Waals surface area contributed by atoms with Crippen molar-refractivity contribution >= 4 is 0 Å². The monoisotopic (exact) mass is 287 g/mol. The van der Waals surface area contributed by atoms with Gasteiger partial charge < -0.3 is 10.1 Å². The van der Waals surface area contributed by atoms with Crippen LogP contribution in [0.1, 0.15) is 62.1 Å². The molecule has 0 radical (unpaired) electrons. The highest BCUT2D eigenvalue weighted by Crippen LogP contribution is 2.44. The average molecular weight is 287 g/mol. The Morgan fingerprint density at radius 2 is 1.86 bits per heavy atom. The largest absolute Gasteiger partial charge is 0.375 e. The van der Waals surface area contributed by atoms with Gasteiger partial charge in [0.05, 0.1) is 5.60 Å². The maximum atomic E-state index is 6.26. The third-order valence-electron chi connectivity index (χ3n) is 5.51. The number of rotatable bonds is 3. The summed E-state index contributed by atoms with van der Waals surface area (Å²) in [7, 11) is 2.10. The second kappa shape index (κ2) is 6.50. The number of benzene rings is 1. The molecule has 1 saturated carbocycles. The minimum absolute atomic E-state index is 0.195. The zero-order chi connectivity index (χ0) is 14.7. The SMILES string of the molecule is CNC(c1ccc(C)cc1)C1CCOC2(CCCCC2)C1. The van der Waals surface area contributed by atoms with Crippen LogP contribution in [-0.4, -0.2) is 19.3 Å². The third kappa shape index (κ3) is 3.32. The van der Waals surface area contributed by atoms with Gasteiger partial charge in [-0.1, -0.05) is 49.1 Å². The lowest BCUT2D eigenvalue weighted by Gasteiger charge is -2.45. The number of hydrogen-bond donors (Lipinski definition) is 1. The molecule has 1 N–H and O–H groups in total. The van der Waals surface area contributed by atoms with Crippen molar-refractivity contribution in [3.63, 3.8) is 0 Å². The molecule has 1 aliphatic carbocycles. The molecule has 0 aromatic heterocycles. The maximum Gasteiger partial charge on any atom is 0.0686 e. The first-order valence-electron chi connectivity index (χ1n) is 8.60. The molecule has 3 rings (SSSR count). The summed E-state index contributed by atoms with van der Waals surface area (Å²) in [5, 5.41) is 3.57. The summed E-state index contributed by atoms with van der Waals surface area (Å²) in [4.78, 5) is 0. The van der Waals surface area contributed by atoms with E-state index in [1.54, 1.807) is 0 Å². The summed E-state index contributed by atoms with van der Waals surface area (Å²) in [6.07, 6.45) is 9.04. The van der Waals surface area contributed by atoms with Gasteiger partial charge in [-0.2, -0.15) is 0 Å². The number of hydrogen-bond acceptors (Lipinski definition) is 2. The van der Waals surface area contributed by atoms with E-state index in [1.807, 2.05) is 0 Å². The van der Waals surface area contributed by atoms with E-state index in [-0.39, 0.29) is 5.60 Å². The molecule has 1 aromatic rings. The Labute approximate surface area is 129 Å². The maximum absolute atomic E-state index is 6.26. The summed E-state index contributed by atoms with van der Waals surface area (Å²) in [6, 6.07) is 9.51. The first-order chi connectivity index (χ1) is 10.2. The Bertz CT molecular complexity index is 442. The molecule has 2 fully saturated rings. The van der Waals surface area contributed by atoms with E-state index in [0.29, 0.717) is 12.0 Å². The summed E-state index contributed by atoms with van der Waals surface area (Å²) < 4.78 is 6.26. The molecule has 1 spiro atoms. The van der Waals surface area contributed by atoms with Crippen LogP contribution in [0.5, 0.6) is 0 Å². The average Bonchev–Trinajstić information content (AvgIpc) is 2.51. The minimum Gasteiger partial charge on any atom is -0.375 e. The smallest absolute Gasteiger partial charge is 0.0686 e. The van der Waals surface area contributed by atoms with E-state index in [2.05, 4.69) is 43.6 Å². The van der Waals surface area contributed by atoms with Crippen molar-refractivity contribution in [2.45, 2.75) is 63.5 Å². The van der Waals surface area contributed by atoms with Crippen molar-refractivity contribution in [1.82, 2.24) is 5.32 Å². The lowest BCUT2D eigenvalue weighted by molar-refractivity contribution is -0.121. The van der Waals surface area contributed by atoms with Gasteiger partial charge in [-0.25, -0.2) is 0 Å². The topological polar surface area (TPSA) is 21.3 Å². The molecule has 2 atom stereocenters. The zero-order valence-corrected chi connectivity index (χ0v) is 13.5. The van der Waals surface area contributed by atoms with Crippen LogP contribution in [0, 0.1) is 12.8 Å². The van der Waals surface area contributed by atoms with Gasteiger partial charge >= 0.3 is 0 Å². The number of nitrogens with one attached hydrogen (secondary N) is 1. The normalized spacial score (nSPS) is 26.7. The first-order valence-corrected chi connectivity index (χ1v) is 8.60. The second-order valence-electron chi connectivity index (χ2n) is 7.02. The highest BCUT2D eigenvalue weighted by molar-refractivity contribution is 5.25. The van der Waals surface area contributed by atoms with Gasteiger partial charge in [0.25, 0.3) is 0 Å².